The minimum Gasteiger partial charge on any atom is -0.497 e. The summed E-state index contributed by atoms with van der Waals surface area (Å²) in [5, 5.41) is 0. The Bertz CT molecular complexity index is 351. The van der Waals surface area contributed by atoms with Crippen LogP contribution < -0.4 is 15.2 Å². The molecule has 3 heteroatoms. The van der Waals surface area contributed by atoms with Crippen LogP contribution in [0, 0.1) is 5.92 Å². The van der Waals surface area contributed by atoms with Gasteiger partial charge in [0, 0.05) is 12.0 Å². The normalized spacial score (nSPS) is 24.2. The zero-order valence-electron chi connectivity index (χ0n) is 9.19. The van der Waals surface area contributed by atoms with Crippen molar-refractivity contribution in [2.24, 2.45) is 11.7 Å². The molecule has 0 bridgehead atoms. The summed E-state index contributed by atoms with van der Waals surface area (Å²) in [4.78, 5) is 0. The van der Waals surface area contributed by atoms with Crippen molar-refractivity contribution in [1.82, 2.24) is 0 Å². The summed E-state index contributed by atoms with van der Waals surface area (Å²) in [6.07, 6.45) is 0. The number of ether oxygens (including phenoxy) is 2. The fraction of sp³-hybridized carbons (Fsp3) is 0.500. The molecule has 3 nitrogen and oxygen atoms in total. The zero-order valence-corrected chi connectivity index (χ0v) is 9.19. The van der Waals surface area contributed by atoms with Gasteiger partial charge < -0.3 is 15.2 Å². The van der Waals surface area contributed by atoms with Gasteiger partial charge in [-0.1, -0.05) is 13.0 Å². The van der Waals surface area contributed by atoms with Crippen LogP contribution in [0.25, 0.3) is 0 Å². The summed E-state index contributed by atoms with van der Waals surface area (Å²) in [5.41, 5.74) is 6.94. The van der Waals surface area contributed by atoms with Gasteiger partial charge in [0.1, 0.15) is 11.5 Å². The molecular formula is C12H17NO2. The molecule has 15 heavy (non-hydrogen) atoms. The molecule has 0 amide bonds. The van der Waals surface area contributed by atoms with Crippen LogP contribution in [-0.4, -0.2) is 20.3 Å². The van der Waals surface area contributed by atoms with Gasteiger partial charge in [-0.2, -0.15) is 0 Å². The molecule has 1 aromatic carbocycles. The molecule has 0 saturated carbocycles. The first kappa shape index (κ1) is 10.3. The molecule has 2 rings (SSSR count). The monoisotopic (exact) mass is 207 g/mol. The van der Waals surface area contributed by atoms with Crippen LogP contribution in [0.15, 0.2) is 18.2 Å². The SMILES string of the molecule is COc1ccc2c(c1)OCC(CN)C2C. The Kier molecular flexibility index (Phi) is 2.82. The maximum absolute atomic E-state index is 5.70. The van der Waals surface area contributed by atoms with E-state index in [1.54, 1.807) is 7.11 Å². The van der Waals surface area contributed by atoms with Gasteiger partial charge in [0.25, 0.3) is 0 Å². The average Bonchev–Trinajstić information content (AvgIpc) is 2.29. The highest BCUT2D eigenvalue weighted by atomic mass is 16.5. The molecule has 82 valence electrons. The van der Waals surface area contributed by atoms with Gasteiger partial charge in [0.05, 0.1) is 13.7 Å². The van der Waals surface area contributed by atoms with E-state index in [0.717, 1.165) is 11.5 Å². The number of hydrogen-bond acceptors (Lipinski definition) is 3. The van der Waals surface area contributed by atoms with Crippen molar-refractivity contribution in [3.8, 4) is 11.5 Å². The maximum atomic E-state index is 5.70. The van der Waals surface area contributed by atoms with Gasteiger partial charge in [-0.25, -0.2) is 0 Å². The Balaban J connectivity index is 2.33. The molecule has 0 spiro atoms. The van der Waals surface area contributed by atoms with Gasteiger partial charge in [-0.15, -0.1) is 0 Å². The van der Waals surface area contributed by atoms with Crippen molar-refractivity contribution in [1.29, 1.82) is 0 Å². The van der Waals surface area contributed by atoms with Crippen molar-refractivity contribution in [3.63, 3.8) is 0 Å². The molecule has 0 saturated heterocycles. The van der Waals surface area contributed by atoms with Gasteiger partial charge in [-0.05, 0) is 24.1 Å². The lowest BCUT2D eigenvalue weighted by molar-refractivity contribution is 0.203. The lowest BCUT2D eigenvalue weighted by Crippen LogP contribution is -2.30. The number of fused-ring (bicyclic) bond motifs is 1. The Hall–Kier alpha value is -1.22. The minimum absolute atomic E-state index is 0.422. The summed E-state index contributed by atoms with van der Waals surface area (Å²) >= 11 is 0. The summed E-state index contributed by atoms with van der Waals surface area (Å²) in [6.45, 7) is 3.58. The average molecular weight is 207 g/mol. The summed E-state index contributed by atoms with van der Waals surface area (Å²) in [5.74, 6) is 2.66. The fourth-order valence-corrected chi connectivity index (χ4v) is 2.01. The molecule has 1 aliphatic heterocycles. The molecule has 0 aliphatic carbocycles. The molecule has 2 N–H and O–H groups in total. The molecule has 1 aliphatic rings. The second kappa shape index (κ2) is 4.11. The molecular weight excluding hydrogens is 190 g/mol. The van der Waals surface area contributed by atoms with Gasteiger partial charge in [0.2, 0.25) is 0 Å². The summed E-state index contributed by atoms with van der Waals surface area (Å²) in [6, 6.07) is 5.98. The Morgan fingerprint density at radius 1 is 1.53 bits per heavy atom. The molecule has 0 aromatic heterocycles. The first-order chi connectivity index (χ1) is 7.26. The van der Waals surface area contributed by atoms with Crippen LogP contribution in [-0.2, 0) is 0 Å². The summed E-state index contributed by atoms with van der Waals surface area (Å²) in [7, 11) is 1.66. The van der Waals surface area contributed by atoms with E-state index in [0.29, 0.717) is 25.0 Å². The van der Waals surface area contributed by atoms with E-state index >= 15 is 0 Å². The molecule has 1 heterocycles. The first-order valence-corrected chi connectivity index (χ1v) is 5.27. The predicted octanol–water partition coefficient (Wildman–Crippen LogP) is 1.77. The van der Waals surface area contributed by atoms with E-state index in [-0.39, 0.29) is 0 Å². The smallest absolute Gasteiger partial charge is 0.126 e. The maximum Gasteiger partial charge on any atom is 0.126 e. The van der Waals surface area contributed by atoms with E-state index in [9.17, 15) is 0 Å². The van der Waals surface area contributed by atoms with Crippen molar-refractivity contribution < 1.29 is 9.47 Å². The number of benzene rings is 1. The van der Waals surface area contributed by atoms with Crippen molar-refractivity contribution in [2.75, 3.05) is 20.3 Å². The third-order valence-electron chi connectivity index (χ3n) is 3.17. The van der Waals surface area contributed by atoms with Crippen LogP contribution in [0.3, 0.4) is 0 Å². The minimum atomic E-state index is 0.422. The topological polar surface area (TPSA) is 44.5 Å². The third-order valence-corrected chi connectivity index (χ3v) is 3.17. The standard InChI is InChI=1S/C12H17NO2/c1-8-9(6-13)7-15-12-5-10(14-2)3-4-11(8)12/h3-5,8-9H,6-7,13H2,1-2H3. The Morgan fingerprint density at radius 2 is 2.33 bits per heavy atom. The van der Waals surface area contributed by atoms with E-state index in [4.69, 9.17) is 15.2 Å². The highest BCUT2D eigenvalue weighted by Crippen LogP contribution is 2.38. The van der Waals surface area contributed by atoms with Gasteiger partial charge in [-0.3, -0.25) is 0 Å². The molecule has 0 fully saturated rings. The third kappa shape index (κ3) is 1.79. The largest absolute Gasteiger partial charge is 0.497 e. The highest BCUT2D eigenvalue weighted by molar-refractivity contribution is 5.44. The van der Waals surface area contributed by atoms with Crippen LogP contribution in [0.2, 0.25) is 0 Å². The second-order valence-corrected chi connectivity index (χ2v) is 4.00. The van der Waals surface area contributed by atoms with E-state index in [2.05, 4.69) is 13.0 Å². The van der Waals surface area contributed by atoms with Crippen molar-refractivity contribution >= 4 is 0 Å². The van der Waals surface area contributed by atoms with Crippen LogP contribution in [0.5, 0.6) is 11.5 Å². The quantitative estimate of drug-likeness (QED) is 0.803. The number of rotatable bonds is 2. The number of hydrogen-bond donors (Lipinski definition) is 1. The van der Waals surface area contributed by atoms with E-state index in [1.807, 2.05) is 12.1 Å². The van der Waals surface area contributed by atoms with Crippen LogP contribution in [0.4, 0.5) is 0 Å². The first-order valence-electron chi connectivity index (χ1n) is 5.27. The molecule has 2 atom stereocenters. The lowest BCUT2D eigenvalue weighted by Gasteiger charge is -2.30. The van der Waals surface area contributed by atoms with Gasteiger partial charge >= 0.3 is 0 Å². The van der Waals surface area contributed by atoms with Crippen LogP contribution >= 0.6 is 0 Å². The van der Waals surface area contributed by atoms with Crippen molar-refractivity contribution in [3.05, 3.63) is 23.8 Å². The molecule has 2 unspecified atom stereocenters. The van der Waals surface area contributed by atoms with Crippen molar-refractivity contribution in [2.45, 2.75) is 12.8 Å². The number of nitrogens with two attached hydrogens (primary N) is 1. The molecule has 0 radical (unpaired) electrons. The van der Waals surface area contributed by atoms with E-state index < -0.39 is 0 Å². The molecule has 1 aromatic rings. The predicted molar refractivity (Wildman–Crippen MR) is 59.4 cm³/mol. The summed E-state index contributed by atoms with van der Waals surface area (Å²) < 4.78 is 10.8. The van der Waals surface area contributed by atoms with E-state index in [1.165, 1.54) is 5.56 Å². The second-order valence-electron chi connectivity index (χ2n) is 4.00. The number of methoxy groups -OCH3 is 1. The highest BCUT2D eigenvalue weighted by Gasteiger charge is 2.26. The Labute approximate surface area is 90.2 Å². The van der Waals surface area contributed by atoms with Gasteiger partial charge in [0.15, 0.2) is 0 Å². The fourth-order valence-electron chi connectivity index (χ4n) is 2.01. The van der Waals surface area contributed by atoms with Crippen LogP contribution in [0.1, 0.15) is 18.4 Å². The Morgan fingerprint density at radius 3 is 3.00 bits per heavy atom. The lowest BCUT2D eigenvalue weighted by atomic mass is 9.85. The zero-order chi connectivity index (χ0) is 10.8.